The van der Waals surface area contributed by atoms with Crippen LogP contribution in [0.5, 0.6) is 6.01 Å². The number of fused-ring (bicyclic) bond motifs is 3. The number of hydrogen-bond acceptors (Lipinski definition) is 6. The van der Waals surface area contributed by atoms with Crippen molar-refractivity contribution in [3.05, 3.63) is 29.1 Å². The fraction of sp³-hybridized carbons (Fsp3) is 0.625. The van der Waals surface area contributed by atoms with E-state index in [1.54, 1.807) is 6.20 Å². The maximum Gasteiger partial charge on any atom is 0.319 e. The minimum absolute atomic E-state index is 0.0140. The Morgan fingerprint density at radius 1 is 1.34 bits per heavy atom. The second-order valence-electron chi connectivity index (χ2n) is 9.74. The van der Waals surface area contributed by atoms with Crippen molar-refractivity contribution in [1.29, 1.82) is 0 Å². The van der Waals surface area contributed by atoms with Crippen LogP contribution in [0.3, 0.4) is 0 Å². The highest BCUT2D eigenvalue weighted by molar-refractivity contribution is 6.31. The van der Waals surface area contributed by atoms with Gasteiger partial charge in [-0.3, -0.25) is 4.90 Å². The Hall–Kier alpha value is -1.99. The van der Waals surface area contributed by atoms with Crippen molar-refractivity contribution in [2.45, 2.75) is 63.2 Å². The number of halogens is 2. The zero-order valence-corrected chi connectivity index (χ0v) is 19.0. The van der Waals surface area contributed by atoms with Gasteiger partial charge < -0.3 is 9.64 Å². The first-order valence-corrected chi connectivity index (χ1v) is 11.9. The van der Waals surface area contributed by atoms with Crippen LogP contribution in [0.4, 0.5) is 10.2 Å². The fourth-order valence-corrected chi connectivity index (χ4v) is 6.06. The van der Waals surface area contributed by atoms with Crippen molar-refractivity contribution < 1.29 is 11.9 Å². The highest BCUT2D eigenvalue weighted by Crippen LogP contribution is 2.48. The van der Waals surface area contributed by atoms with E-state index in [-0.39, 0.29) is 18.0 Å². The molecule has 0 radical (unpaired) electrons. The van der Waals surface area contributed by atoms with Crippen molar-refractivity contribution in [3.63, 3.8) is 0 Å². The van der Waals surface area contributed by atoms with E-state index in [0.717, 1.165) is 37.8 Å². The second kappa shape index (κ2) is 7.52. The first kappa shape index (κ1) is 18.4. The summed E-state index contributed by atoms with van der Waals surface area (Å²) in [6.45, 7) is 6.09. The normalized spacial score (nSPS) is 33.5. The van der Waals surface area contributed by atoms with Crippen LogP contribution in [-0.2, 0) is 0 Å². The summed E-state index contributed by atoms with van der Waals surface area (Å²) in [7, 11) is 0. The van der Waals surface area contributed by atoms with Crippen molar-refractivity contribution >= 4 is 28.3 Å². The quantitative estimate of drug-likeness (QED) is 0.496. The van der Waals surface area contributed by atoms with Crippen LogP contribution in [0, 0.1) is 12.8 Å². The average molecular weight is 460 g/mol. The SMILES string of the molecule is [2H]C([2H])(Oc1nc(N2CCCC[C@H]3[C@H](F)[C@H]32)c2cnc(Cl)c(C)c2n1)[C@@]12CCCN1CC(=C)C2. The largest absolute Gasteiger partial charge is 0.461 e. The van der Waals surface area contributed by atoms with Crippen LogP contribution in [0.25, 0.3) is 10.9 Å². The Morgan fingerprint density at radius 3 is 3.09 bits per heavy atom. The Labute approximate surface area is 195 Å². The summed E-state index contributed by atoms with van der Waals surface area (Å²) < 4.78 is 38.6. The summed E-state index contributed by atoms with van der Waals surface area (Å²) in [4.78, 5) is 17.7. The van der Waals surface area contributed by atoms with E-state index >= 15 is 0 Å². The van der Waals surface area contributed by atoms with Crippen molar-refractivity contribution in [2.24, 2.45) is 5.92 Å². The lowest BCUT2D eigenvalue weighted by Gasteiger charge is -2.31. The molecule has 32 heavy (non-hydrogen) atoms. The highest BCUT2D eigenvalue weighted by atomic mass is 35.5. The summed E-state index contributed by atoms with van der Waals surface area (Å²) in [6, 6.07) is -0.267. The van der Waals surface area contributed by atoms with Gasteiger partial charge in [-0.1, -0.05) is 30.2 Å². The van der Waals surface area contributed by atoms with Crippen LogP contribution < -0.4 is 9.64 Å². The molecule has 4 fully saturated rings. The van der Waals surface area contributed by atoms with Gasteiger partial charge in [0.25, 0.3) is 0 Å². The van der Waals surface area contributed by atoms with Crippen LogP contribution in [0.1, 0.15) is 46.8 Å². The molecule has 0 unspecified atom stereocenters. The Kier molecular flexibility index (Phi) is 4.33. The third kappa shape index (κ3) is 3.19. The predicted octanol–water partition coefficient (Wildman–Crippen LogP) is 4.49. The van der Waals surface area contributed by atoms with Gasteiger partial charge >= 0.3 is 6.01 Å². The summed E-state index contributed by atoms with van der Waals surface area (Å²) >= 11 is 6.31. The first-order valence-electron chi connectivity index (χ1n) is 12.6. The van der Waals surface area contributed by atoms with Gasteiger partial charge in [0.05, 0.1) is 25.2 Å². The molecule has 8 heteroatoms. The van der Waals surface area contributed by atoms with Gasteiger partial charge in [0.2, 0.25) is 0 Å². The molecule has 170 valence electrons. The lowest BCUT2D eigenvalue weighted by molar-refractivity contribution is 0.108. The molecule has 6 rings (SSSR count). The van der Waals surface area contributed by atoms with E-state index in [0.29, 0.717) is 53.4 Å². The Morgan fingerprint density at radius 2 is 2.22 bits per heavy atom. The standard InChI is InChI=1S/C24H29ClFN5O/c1-14-10-24(7-5-8-30(24)12-14)13-32-23-28-19-15(2)21(25)27-11-17(19)22(29-23)31-9-4-3-6-16-18(26)20(16)31/h11,16,18,20H,1,3-10,12-13H2,2H3/t16-,18-,20-,24-/m0/s1/i13D2. The van der Waals surface area contributed by atoms with Crippen LogP contribution in [-0.4, -0.2) is 63.8 Å². The molecule has 4 aliphatic rings. The molecule has 1 saturated carbocycles. The van der Waals surface area contributed by atoms with Crippen molar-refractivity contribution in [1.82, 2.24) is 19.9 Å². The van der Waals surface area contributed by atoms with Gasteiger partial charge in [0.1, 0.15) is 23.7 Å². The topological polar surface area (TPSA) is 54.4 Å². The molecule has 4 atom stereocenters. The van der Waals surface area contributed by atoms with E-state index in [1.165, 1.54) is 0 Å². The molecule has 0 aromatic carbocycles. The molecule has 2 aromatic rings. The fourth-order valence-electron chi connectivity index (χ4n) is 5.93. The van der Waals surface area contributed by atoms with Gasteiger partial charge in [-0.2, -0.15) is 9.97 Å². The van der Waals surface area contributed by atoms with E-state index in [4.69, 9.17) is 24.1 Å². The summed E-state index contributed by atoms with van der Waals surface area (Å²) in [5, 5.41) is 1.01. The zero-order valence-electron chi connectivity index (χ0n) is 20.3. The number of aryl methyl sites for hydroxylation is 1. The summed E-state index contributed by atoms with van der Waals surface area (Å²) in [5.41, 5.74) is 1.47. The minimum atomic E-state index is -2.03. The molecular formula is C24H29ClFN5O. The van der Waals surface area contributed by atoms with Crippen molar-refractivity contribution in [2.75, 3.05) is 31.1 Å². The van der Waals surface area contributed by atoms with E-state index in [1.807, 2.05) is 11.8 Å². The van der Waals surface area contributed by atoms with Crippen LogP contribution in [0.2, 0.25) is 5.15 Å². The zero-order chi connectivity index (χ0) is 23.8. The lowest BCUT2D eigenvalue weighted by atomic mass is 9.94. The third-order valence-electron chi connectivity index (χ3n) is 7.64. The highest BCUT2D eigenvalue weighted by Gasteiger charge is 2.55. The number of anilines is 1. The van der Waals surface area contributed by atoms with E-state index in [9.17, 15) is 4.39 Å². The minimum Gasteiger partial charge on any atom is -0.461 e. The number of aromatic nitrogens is 3. The Balaban J connectivity index is 1.44. The van der Waals surface area contributed by atoms with Gasteiger partial charge in [-0.15, -0.1) is 0 Å². The molecule has 3 aliphatic heterocycles. The molecule has 5 heterocycles. The third-order valence-corrected chi connectivity index (χ3v) is 8.02. The first-order chi connectivity index (χ1) is 16.2. The second-order valence-corrected chi connectivity index (χ2v) is 10.1. The number of ether oxygens (including phenoxy) is 1. The molecule has 0 N–H and O–H groups in total. The van der Waals surface area contributed by atoms with Crippen molar-refractivity contribution in [3.8, 4) is 6.01 Å². The van der Waals surface area contributed by atoms with Crippen LogP contribution >= 0.6 is 11.6 Å². The summed E-state index contributed by atoms with van der Waals surface area (Å²) in [6.07, 6.45) is 5.71. The van der Waals surface area contributed by atoms with Gasteiger partial charge in [-0.25, -0.2) is 9.37 Å². The molecule has 2 aromatic heterocycles. The molecule has 0 bridgehead atoms. The molecule has 0 spiro atoms. The molecule has 3 saturated heterocycles. The Bertz CT molecular complexity index is 1180. The maximum atomic E-state index is 14.7. The van der Waals surface area contributed by atoms with Gasteiger partial charge in [0.15, 0.2) is 0 Å². The molecule has 1 aliphatic carbocycles. The number of nitrogens with zero attached hydrogens (tertiary/aromatic N) is 5. The molecule has 6 nitrogen and oxygen atoms in total. The smallest absolute Gasteiger partial charge is 0.319 e. The number of alkyl halides is 1. The lowest BCUT2D eigenvalue weighted by Crippen LogP contribution is -2.43. The van der Waals surface area contributed by atoms with E-state index < -0.39 is 18.3 Å². The molecule has 0 amide bonds. The summed E-state index contributed by atoms with van der Waals surface area (Å²) in [5.74, 6) is 0.567. The number of rotatable bonds is 4. The maximum absolute atomic E-state index is 14.7. The average Bonchev–Trinajstić information content (AvgIpc) is 3.14. The van der Waals surface area contributed by atoms with Gasteiger partial charge in [0, 0.05) is 30.8 Å². The number of pyridine rings is 1. The molecular weight excluding hydrogens is 429 g/mol. The predicted molar refractivity (Wildman–Crippen MR) is 123 cm³/mol. The number of hydrogen-bond donors (Lipinski definition) is 0. The van der Waals surface area contributed by atoms with Gasteiger partial charge in [-0.05, 0) is 45.6 Å². The monoisotopic (exact) mass is 459 g/mol. The van der Waals surface area contributed by atoms with Crippen LogP contribution in [0.15, 0.2) is 18.3 Å². The van der Waals surface area contributed by atoms with E-state index in [2.05, 4.69) is 21.4 Å².